The third-order valence-corrected chi connectivity index (χ3v) is 2.57. The molecule has 7 heteroatoms. The Hall–Kier alpha value is -2.57. The Balaban J connectivity index is 2.13. The molecule has 1 unspecified atom stereocenters. The van der Waals surface area contributed by atoms with Gasteiger partial charge in [-0.3, -0.25) is 10.1 Å². The number of benzene rings is 1. The van der Waals surface area contributed by atoms with E-state index in [2.05, 4.69) is 15.3 Å². The highest BCUT2D eigenvalue weighted by molar-refractivity contribution is 5.34. The summed E-state index contributed by atoms with van der Waals surface area (Å²) in [5.74, 6) is -0.120. The lowest BCUT2D eigenvalue weighted by molar-refractivity contribution is -0.385. The number of hydrogen-bond donors (Lipinski definition) is 1. The van der Waals surface area contributed by atoms with E-state index in [0.29, 0.717) is 5.56 Å². The molecule has 0 aliphatic heterocycles. The van der Waals surface area contributed by atoms with Gasteiger partial charge in [-0.25, -0.2) is 14.4 Å². The second-order valence-corrected chi connectivity index (χ2v) is 3.91. The lowest BCUT2D eigenvalue weighted by Gasteiger charge is -2.14. The Morgan fingerprint density at radius 2 is 1.95 bits per heavy atom. The predicted octanol–water partition coefficient (Wildman–Crippen LogP) is 2.70. The number of rotatable bonds is 4. The van der Waals surface area contributed by atoms with Crippen molar-refractivity contribution in [3.63, 3.8) is 0 Å². The van der Waals surface area contributed by atoms with Gasteiger partial charge in [0.1, 0.15) is 18.2 Å². The highest BCUT2D eigenvalue weighted by Gasteiger charge is 2.12. The van der Waals surface area contributed by atoms with E-state index in [1.807, 2.05) is 0 Å². The fourth-order valence-corrected chi connectivity index (χ4v) is 1.59. The van der Waals surface area contributed by atoms with E-state index in [0.717, 1.165) is 12.4 Å². The van der Waals surface area contributed by atoms with E-state index in [1.54, 1.807) is 25.1 Å². The standard InChI is InChI=1S/C12H11FN4O2/c1-8(10-4-2-3-5-11(10)13)16-12-14-6-9(7-15-12)17(18)19/h2-8H,1H3,(H,14,15,16). The first-order valence-electron chi connectivity index (χ1n) is 5.55. The maximum Gasteiger partial charge on any atom is 0.305 e. The molecule has 1 aromatic heterocycles. The lowest BCUT2D eigenvalue weighted by Crippen LogP contribution is -2.11. The molecule has 2 rings (SSSR count). The molecule has 1 N–H and O–H groups in total. The molecule has 0 aliphatic rings. The largest absolute Gasteiger partial charge is 0.348 e. The van der Waals surface area contributed by atoms with E-state index in [-0.39, 0.29) is 23.5 Å². The highest BCUT2D eigenvalue weighted by atomic mass is 19.1. The normalized spacial score (nSPS) is 11.9. The van der Waals surface area contributed by atoms with Crippen LogP contribution in [0.2, 0.25) is 0 Å². The second-order valence-electron chi connectivity index (χ2n) is 3.91. The Morgan fingerprint density at radius 1 is 1.32 bits per heavy atom. The Bertz CT molecular complexity index is 589. The van der Waals surface area contributed by atoms with Gasteiger partial charge >= 0.3 is 5.69 Å². The van der Waals surface area contributed by atoms with Gasteiger partial charge < -0.3 is 5.32 Å². The van der Waals surface area contributed by atoms with E-state index in [9.17, 15) is 14.5 Å². The molecular weight excluding hydrogens is 251 g/mol. The molecule has 0 aliphatic carbocycles. The molecule has 2 aromatic rings. The van der Waals surface area contributed by atoms with Crippen LogP contribution < -0.4 is 5.32 Å². The first kappa shape index (κ1) is 12.9. The van der Waals surface area contributed by atoms with Crippen LogP contribution in [-0.4, -0.2) is 14.9 Å². The topological polar surface area (TPSA) is 81.0 Å². The zero-order valence-electron chi connectivity index (χ0n) is 10.1. The third kappa shape index (κ3) is 3.01. The summed E-state index contributed by atoms with van der Waals surface area (Å²) >= 11 is 0. The predicted molar refractivity (Wildman–Crippen MR) is 67.1 cm³/mol. The zero-order valence-corrected chi connectivity index (χ0v) is 10.1. The average molecular weight is 262 g/mol. The quantitative estimate of drug-likeness (QED) is 0.676. The van der Waals surface area contributed by atoms with Crippen LogP contribution in [0.5, 0.6) is 0 Å². The molecule has 0 spiro atoms. The van der Waals surface area contributed by atoms with Crippen molar-refractivity contribution in [3.05, 3.63) is 58.2 Å². The van der Waals surface area contributed by atoms with Crippen LogP contribution in [0.25, 0.3) is 0 Å². The van der Waals surface area contributed by atoms with E-state index in [4.69, 9.17) is 0 Å². The minimum atomic E-state index is -0.579. The van der Waals surface area contributed by atoms with E-state index in [1.165, 1.54) is 6.07 Å². The average Bonchev–Trinajstić information content (AvgIpc) is 2.39. The fourth-order valence-electron chi connectivity index (χ4n) is 1.59. The van der Waals surface area contributed by atoms with Gasteiger partial charge in [0.05, 0.1) is 11.0 Å². The summed E-state index contributed by atoms with van der Waals surface area (Å²) in [5.41, 5.74) is 0.286. The summed E-state index contributed by atoms with van der Waals surface area (Å²) in [6, 6.07) is 6.01. The summed E-state index contributed by atoms with van der Waals surface area (Å²) in [4.78, 5) is 17.5. The number of anilines is 1. The number of nitrogens with zero attached hydrogens (tertiary/aromatic N) is 3. The van der Waals surface area contributed by atoms with Crippen LogP contribution in [0, 0.1) is 15.9 Å². The Labute approximate surface area is 108 Å². The molecule has 19 heavy (non-hydrogen) atoms. The number of hydrogen-bond acceptors (Lipinski definition) is 5. The summed E-state index contributed by atoms with van der Waals surface area (Å²) in [7, 11) is 0. The van der Waals surface area contributed by atoms with Crippen molar-refractivity contribution in [3.8, 4) is 0 Å². The molecular formula is C12H11FN4O2. The van der Waals surface area contributed by atoms with Crippen molar-refractivity contribution in [2.24, 2.45) is 0 Å². The summed E-state index contributed by atoms with van der Waals surface area (Å²) in [6.07, 6.45) is 2.20. The minimum absolute atomic E-state index is 0.191. The lowest BCUT2D eigenvalue weighted by atomic mass is 10.1. The van der Waals surface area contributed by atoms with E-state index < -0.39 is 4.92 Å². The van der Waals surface area contributed by atoms with Crippen LogP contribution in [-0.2, 0) is 0 Å². The third-order valence-electron chi connectivity index (χ3n) is 2.57. The maximum atomic E-state index is 13.5. The molecule has 6 nitrogen and oxygen atoms in total. The summed E-state index contributed by atoms with van der Waals surface area (Å²) < 4.78 is 13.5. The van der Waals surface area contributed by atoms with Crippen LogP contribution >= 0.6 is 0 Å². The minimum Gasteiger partial charge on any atom is -0.348 e. The molecule has 1 aromatic carbocycles. The SMILES string of the molecule is CC(Nc1ncc([N+](=O)[O-])cn1)c1ccccc1F. The van der Waals surface area contributed by atoms with Crippen LogP contribution in [0.1, 0.15) is 18.5 Å². The van der Waals surface area contributed by atoms with Gasteiger partial charge in [0.2, 0.25) is 5.95 Å². The van der Waals surface area contributed by atoms with Crippen LogP contribution in [0.3, 0.4) is 0 Å². The molecule has 0 radical (unpaired) electrons. The van der Waals surface area contributed by atoms with Gasteiger partial charge in [-0.05, 0) is 13.0 Å². The van der Waals surface area contributed by atoms with Crippen LogP contribution in [0.15, 0.2) is 36.7 Å². The highest BCUT2D eigenvalue weighted by Crippen LogP contribution is 2.19. The molecule has 0 bridgehead atoms. The van der Waals surface area contributed by atoms with Crippen molar-refractivity contribution < 1.29 is 9.31 Å². The number of nitro groups is 1. The van der Waals surface area contributed by atoms with Crippen molar-refractivity contribution in [2.45, 2.75) is 13.0 Å². The monoisotopic (exact) mass is 262 g/mol. The maximum absolute atomic E-state index is 13.5. The molecule has 0 saturated heterocycles. The molecule has 1 atom stereocenters. The number of aromatic nitrogens is 2. The molecule has 0 fully saturated rings. The van der Waals surface area contributed by atoms with Gasteiger partial charge in [0.15, 0.2) is 0 Å². The number of halogens is 1. The second kappa shape index (κ2) is 5.38. The van der Waals surface area contributed by atoms with Gasteiger partial charge in [0.25, 0.3) is 0 Å². The number of nitrogens with one attached hydrogen (secondary N) is 1. The van der Waals surface area contributed by atoms with Gasteiger partial charge in [-0.15, -0.1) is 0 Å². The Kier molecular flexibility index (Phi) is 3.65. The van der Waals surface area contributed by atoms with Crippen molar-refractivity contribution in [2.75, 3.05) is 5.32 Å². The first-order chi connectivity index (χ1) is 9.08. The smallest absolute Gasteiger partial charge is 0.305 e. The van der Waals surface area contributed by atoms with Crippen molar-refractivity contribution >= 4 is 11.6 Å². The van der Waals surface area contributed by atoms with Gasteiger partial charge in [-0.1, -0.05) is 18.2 Å². The Morgan fingerprint density at radius 3 is 2.53 bits per heavy atom. The van der Waals surface area contributed by atoms with Gasteiger partial charge in [0, 0.05) is 5.56 Å². The zero-order chi connectivity index (χ0) is 13.8. The summed E-state index contributed by atoms with van der Waals surface area (Å²) in [6.45, 7) is 1.75. The van der Waals surface area contributed by atoms with Gasteiger partial charge in [-0.2, -0.15) is 0 Å². The first-order valence-corrected chi connectivity index (χ1v) is 5.55. The molecule has 0 amide bonds. The summed E-state index contributed by atoms with van der Waals surface area (Å²) in [5, 5.41) is 13.3. The van der Waals surface area contributed by atoms with Crippen molar-refractivity contribution in [1.82, 2.24) is 9.97 Å². The molecule has 0 saturated carbocycles. The molecule has 1 heterocycles. The van der Waals surface area contributed by atoms with E-state index >= 15 is 0 Å². The van der Waals surface area contributed by atoms with Crippen LogP contribution in [0.4, 0.5) is 16.0 Å². The fraction of sp³-hybridized carbons (Fsp3) is 0.167. The molecule has 98 valence electrons. The van der Waals surface area contributed by atoms with Crippen molar-refractivity contribution in [1.29, 1.82) is 0 Å².